The molecule has 1 aliphatic rings. The van der Waals surface area contributed by atoms with Crippen molar-refractivity contribution < 1.29 is 14.6 Å². The summed E-state index contributed by atoms with van der Waals surface area (Å²) in [7, 11) is 0. The summed E-state index contributed by atoms with van der Waals surface area (Å²) in [6.45, 7) is 4.00. The van der Waals surface area contributed by atoms with Crippen LogP contribution < -0.4 is 5.43 Å². The van der Waals surface area contributed by atoms with Gasteiger partial charge in [0.25, 0.3) is 0 Å². The highest BCUT2D eigenvalue weighted by Gasteiger charge is 2.13. The van der Waals surface area contributed by atoms with Crippen molar-refractivity contribution in [3.8, 4) is 11.5 Å². The first-order valence-corrected chi connectivity index (χ1v) is 7.02. The Morgan fingerprint density at radius 3 is 2.57 bits per heavy atom. The average Bonchev–Trinajstić information content (AvgIpc) is 2.54. The predicted octanol–water partition coefficient (Wildman–Crippen LogP) is 3.96. The van der Waals surface area contributed by atoms with Crippen molar-refractivity contribution in [3.05, 3.63) is 52.4 Å². The fourth-order valence-electron chi connectivity index (χ4n) is 2.13. The van der Waals surface area contributed by atoms with E-state index < -0.39 is 5.75 Å². The molecule has 0 radical (unpaired) electrons. The summed E-state index contributed by atoms with van der Waals surface area (Å²) < 4.78 is 5.56. The van der Waals surface area contributed by atoms with Crippen LogP contribution in [0.3, 0.4) is 0 Å². The van der Waals surface area contributed by atoms with Crippen LogP contribution in [0.1, 0.15) is 32.4 Å². The molecule has 0 saturated carbocycles. The third-order valence-corrected chi connectivity index (χ3v) is 3.13. The SMILES string of the molecule is CC.O=c1cc(C2=CCCC=C2)oc2c(O)c(O)ccc12. The zero-order valence-corrected chi connectivity index (χ0v) is 12.1. The summed E-state index contributed by atoms with van der Waals surface area (Å²) in [6, 6.07) is 4.11. The molecule has 2 N–H and O–H groups in total. The highest BCUT2D eigenvalue weighted by atomic mass is 16.4. The quantitative estimate of drug-likeness (QED) is 0.778. The third-order valence-electron chi connectivity index (χ3n) is 3.13. The van der Waals surface area contributed by atoms with Gasteiger partial charge in [0.2, 0.25) is 5.75 Å². The van der Waals surface area contributed by atoms with Gasteiger partial charge in [0.15, 0.2) is 16.8 Å². The van der Waals surface area contributed by atoms with Crippen LogP contribution in [0.4, 0.5) is 0 Å². The number of phenols is 2. The number of allylic oxidation sites excluding steroid dienone is 4. The first-order valence-electron chi connectivity index (χ1n) is 7.02. The van der Waals surface area contributed by atoms with Crippen molar-refractivity contribution in [2.45, 2.75) is 26.7 Å². The van der Waals surface area contributed by atoms with Crippen molar-refractivity contribution in [3.63, 3.8) is 0 Å². The van der Waals surface area contributed by atoms with E-state index in [1.54, 1.807) is 0 Å². The lowest BCUT2D eigenvalue weighted by Gasteiger charge is -2.08. The Labute approximate surface area is 122 Å². The Balaban J connectivity index is 0.000000774. The average molecular weight is 286 g/mol. The molecule has 1 aromatic carbocycles. The largest absolute Gasteiger partial charge is 0.504 e. The van der Waals surface area contributed by atoms with E-state index in [4.69, 9.17) is 4.42 Å². The van der Waals surface area contributed by atoms with Gasteiger partial charge in [0, 0.05) is 11.6 Å². The molecule has 4 heteroatoms. The van der Waals surface area contributed by atoms with E-state index in [1.807, 2.05) is 32.1 Å². The van der Waals surface area contributed by atoms with E-state index in [9.17, 15) is 15.0 Å². The Morgan fingerprint density at radius 1 is 1.14 bits per heavy atom. The van der Waals surface area contributed by atoms with Crippen LogP contribution in [-0.4, -0.2) is 10.2 Å². The zero-order valence-electron chi connectivity index (χ0n) is 12.1. The van der Waals surface area contributed by atoms with Crippen molar-refractivity contribution in [1.82, 2.24) is 0 Å². The molecule has 21 heavy (non-hydrogen) atoms. The predicted molar refractivity (Wildman–Crippen MR) is 83.5 cm³/mol. The second kappa shape index (κ2) is 6.31. The number of aromatic hydroxyl groups is 2. The van der Waals surface area contributed by atoms with Crippen molar-refractivity contribution in [1.29, 1.82) is 0 Å². The van der Waals surface area contributed by atoms with Gasteiger partial charge in [-0.3, -0.25) is 4.79 Å². The minimum atomic E-state index is -0.406. The molecule has 0 aliphatic heterocycles. The molecule has 110 valence electrons. The van der Waals surface area contributed by atoms with Gasteiger partial charge in [0.05, 0.1) is 5.39 Å². The molecule has 0 bridgehead atoms. The molecular formula is C17H18O4. The fourth-order valence-corrected chi connectivity index (χ4v) is 2.13. The number of benzene rings is 1. The molecule has 0 unspecified atom stereocenters. The lowest BCUT2D eigenvalue weighted by Crippen LogP contribution is -2.02. The number of phenolic OH excluding ortho intramolecular Hbond substituents is 2. The van der Waals surface area contributed by atoms with Gasteiger partial charge in [-0.05, 0) is 25.0 Å². The van der Waals surface area contributed by atoms with Crippen LogP contribution >= 0.6 is 0 Å². The molecule has 2 aromatic rings. The Bertz CT molecular complexity index is 766. The first-order chi connectivity index (χ1) is 10.2. The minimum Gasteiger partial charge on any atom is -0.504 e. The van der Waals surface area contributed by atoms with Gasteiger partial charge < -0.3 is 14.6 Å². The smallest absolute Gasteiger partial charge is 0.201 e. The molecule has 1 heterocycles. The molecule has 0 spiro atoms. The summed E-state index contributed by atoms with van der Waals surface area (Å²) in [4.78, 5) is 12.0. The van der Waals surface area contributed by atoms with Crippen molar-refractivity contribution >= 4 is 16.5 Å². The normalized spacial score (nSPS) is 13.5. The first kappa shape index (κ1) is 14.9. The Morgan fingerprint density at radius 2 is 1.90 bits per heavy atom. The zero-order chi connectivity index (χ0) is 15.4. The van der Waals surface area contributed by atoms with Crippen LogP contribution in [0.25, 0.3) is 16.5 Å². The summed E-state index contributed by atoms with van der Waals surface area (Å²) in [6.07, 6.45) is 7.71. The second-order valence-electron chi connectivity index (χ2n) is 4.42. The van der Waals surface area contributed by atoms with E-state index in [2.05, 4.69) is 0 Å². The maximum absolute atomic E-state index is 12.0. The number of hydrogen-bond acceptors (Lipinski definition) is 4. The molecule has 0 atom stereocenters. The van der Waals surface area contributed by atoms with Gasteiger partial charge in [-0.25, -0.2) is 0 Å². The second-order valence-corrected chi connectivity index (χ2v) is 4.42. The fraction of sp³-hybridized carbons (Fsp3) is 0.235. The monoisotopic (exact) mass is 286 g/mol. The van der Waals surface area contributed by atoms with E-state index in [0.717, 1.165) is 18.4 Å². The summed E-state index contributed by atoms with van der Waals surface area (Å²) in [5.74, 6) is -0.313. The van der Waals surface area contributed by atoms with Crippen molar-refractivity contribution in [2.24, 2.45) is 0 Å². The maximum Gasteiger partial charge on any atom is 0.201 e. The number of fused-ring (bicyclic) bond motifs is 1. The lowest BCUT2D eigenvalue weighted by atomic mass is 10.0. The third kappa shape index (κ3) is 2.84. The van der Waals surface area contributed by atoms with Crippen molar-refractivity contribution in [2.75, 3.05) is 0 Å². The Hall–Kier alpha value is -2.49. The molecule has 1 aliphatic carbocycles. The summed E-state index contributed by atoms with van der Waals surface area (Å²) >= 11 is 0. The lowest BCUT2D eigenvalue weighted by molar-refractivity contribution is 0.399. The van der Waals surface area contributed by atoms with Gasteiger partial charge >= 0.3 is 0 Å². The molecule has 1 aromatic heterocycles. The van der Waals surface area contributed by atoms with Gasteiger partial charge in [-0.2, -0.15) is 0 Å². The van der Waals surface area contributed by atoms with Crippen LogP contribution in [0.5, 0.6) is 11.5 Å². The molecular weight excluding hydrogens is 268 g/mol. The Kier molecular flexibility index (Phi) is 4.48. The standard InChI is InChI=1S/C15H12O4.C2H6/c16-11-7-6-10-12(17)8-13(19-15(10)14(11)18)9-4-2-1-3-5-9;1-2/h2,4-8,16,18H,1,3H2;1-2H3. The van der Waals surface area contributed by atoms with Crippen LogP contribution in [0.15, 0.2) is 45.6 Å². The summed E-state index contributed by atoms with van der Waals surface area (Å²) in [5.41, 5.74) is 0.585. The van der Waals surface area contributed by atoms with Gasteiger partial charge in [-0.15, -0.1) is 0 Å². The van der Waals surface area contributed by atoms with Gasteiger partial charge in [-0.1, -0.05) is 32.1 Å². The highest BCUT2D eigenvalue weighted by molar-refractivity contribution is 5.86. The minimum absolute atomic E-state index is 0.0161. The number of hydrogen-bond donors (Lipinski definition) is 2. The molecule has 4 nitrogen and oxygen atoms in total. The number of rotatable bonds is 1. The topological polar surface area (TPSA) is 70.7 Å². The van der Waals surface area contributed by atoms with E-state index in [-0.39, 0.29) is 22.1 Å². The van der Waals surface area contributed by atoms with E-state index >= 15 is 0 Å². The van der Waals surface area contributed by atoms with Gasteiger partial charge in [0.1, 0.15) is 5.76 Å². The van der Waals surface area contributed by atoms with Crippen LogP contribution in [0.2, 0.25) is 0 Å². The van der Waals surface area contributed by atoms with Crippen LogP contribution in [0, 0.1) is 0 Å². The highest BCUT2D eigenvalue weighted by Crippen LogP contribution is 2.34. The molecule has 3 rings (SSSR count). The van der Waals surface area contributed by atoms with Crippen LogP contribution in [-0.2, 0) is 0 Å². The molecule has 0 saturated heterocycles. The van der Waals surface area contributed by atoms with E-state index in [0.29, 0.717) is 5.76 Å². The molecule has 0 fully saturated rings. The summed E-state index contributed by atoms with van der Waals surface area (Å²) in [5, 5.41) is 19.5. The molecule has 0 amide bonds. The van der Waals surface area contributed by atoms with E-state index in [1.165, 1.54) is 18.2 Å². The maximum atomic E-state index is 12.0.